The third kappa shape index (κ3) is 3.01. The van der Waals surface area contributed by atoms with Gasteiger partial charge in [0.05, 0.1) is 30.9 Å². The smallest absolute Gasteiger partial charge is 0.330 e. The van der Waals surface area contributed by atoms with Gasteiger partial charge in [0.15, 0.2) is 0 Å². The van der Waals surface area contributed by atoms with E-state index in [0.29, 0.717) is 18.8 Å². The summed E-state index contributed by atoms with van der Waals surface area (Å²) >= 11 is 0. The fraction of sp³-hybridized carbons (Fsp3) is 0.333. The molecule has 2 heterocycles. The highest BCUT2D eigenvalue weighted by molar-refractivity contribution is 5.98. The number of urea groups is 1. The summed E-state index contributed by atoms with van der Waals surface area (Å²) < 4.78 is 5.67. The van der Waals surface area contributed by atoms with Gasteiger partial charge in [-0.2, -0.15) is 5.26 Å². The van der Waals surface area contributed by atoms with Gasteiger partial charge in [-0.05, 0) is 50.1 Å². The summed E-state index contributed by atoms with van der Waals surface area (Å²) in [6.07, 6.45) is 2.94. The van der Waals surface area contributed by atoms with E-state index in [0.717, 1.165) is 28.9 Å². The quantitative estimate of drug-likeness (QED) is 0.747. The monoisotopic (exact) mass is 387 g/mol. The normalized spacial score (nSPS) is 20.7. The Morgan fingerprint density at radius 3 is 2.59 bits per heavy atom. The first-order valence-corrected chi connectivity index (χ1v) is 9.96. The van der Waals surface area contributed by atoms with Crippen molar-refractivity contribution >= 4 is 11.7 Å². The van der Waals surface area contributed by atoms with Crippen molar-refractivity contribution in [1.29, 1.82) is 5.26 Å². The van der Waals surface area contributed by atoms with Crippen LogP contribution in [0.5, 0.6) is 0 Å². The van der Waals surface area contributed by atoms with Crippen LogP contribution in [0.3, 0.4) is 0 Å². The van der Waals surface area contributed by atoms with E-state index in [1.165, 1.54) is 0 Å². The van der Waals surface area contributed by atoms with E-state index >= 15 is 0 Å². The molecule has 2 aromatic carbocycles. The number of aryl methyl sites for hydroxylation is 1. The molecule has 1 unspecified atom stereocenters. The minimum Gasteiger partial charge on any atom is -0.376 e. The third-order valence-electron chi connectivity index (χ3n) is 5.81. The van der Waals surface area contributed by atoms with Gasteiger partial charge in [-0.25, -0.2) is 4.79 Å². The van der Waals surface area contributed by atoms with Gasteiger partial charge in [-0.15, -0.1) is 0 Å². The summed E-state index contributed by atoms with van der Waals surface area (Å²) in [5.41, 5.74) is 4.00. The SMILES string of the molecule is CC/C=C(\C)N1C(=O)N(c2ccc(C)cc2)C(c2cccc(C#N)c2)C12COC2. The number of hydrogen-bond acceptors (Lipinski definition) is 3. The molecule has 2 fully saturated rings. The highest BCUT2D eigenvalue weighted by atomic mass is 16.5. The van der Waals surface area contributed by atoms with Crippen molar-refractivity contribution in [3.8, 4) is 6.07 Å². The molecule has 5 nitrogen and oxygen atoms in total. The predicted molar refractivity (Wildman–Crippen MR) is 112 cm³/mol. The molecule has 2 aliphatic heterocycles. The van der Waals surface area contributed by atoms with Gasteiger partial charge in [0, 0.05) is 11.4 Å². The average Bonchev–Trinajstić information content (AvgIpc) is 2.98. The molecule has 0 saturated carbocycles. The van der Waals surface area contributed by atoms with Crippen LogP contribution in [0.2, 0.25) is 0 Å². The minimum absolute atomic E-state index is 0.0493. The van der Waals surface area contributed by atoms with E-state index in [4.69, 9.17) is 4.74 Å². The van der Waals surface area contributed by atoms with Crippen molar-refractivity contribution in [2.75, 3.05) is 18.1 Å². The molecular formula is C24H25N3O2. The van der Waals surface area contributed by atoms with E-state index in [2.05, 4.69) is 19.1 Å². The molecule has 0 bridgehead atoms. The number of ether oxygens (including phenoxy) is 1. The number of anilines is 1. The first-order valence-electron chi connectivity index (χ1n) is 9.96. The first-order chi connectivity index (χ1) is 14.0. The number of carbonyl (C=O) groups excluding carboxylic acids is 1. The van der Waals surface area contributed by atoms with Crippen LogP contribution in [0.25, 0.3) is 0 Å². The van der Waals surface area contributed by atoms with Crippen LogP contribution in [0.1, 0.15) is 43.0 Å². The first kappa shape index (κ1) is 19.2. The van der Waals surface area contributed by atoms with Gasteiger partial charge >= 0.3 is 6.03 Å². The number of rotatable bonds is 4. The fourth-order valence-corrected chi connectivity index (χ4v) is 4.46. The molecular weight excluding hydrogens is 362 g/mol. The van der Waals surface area contributed by atoms with Gasteiger partial charge in [-0.3, -0.25) is 9.80 Å². The molecule has 2 saturated heterocycles. The lowest BCUT2D eigenvalue weighted by Crippen LogP contribution is -2.61. The van der Waals surface area contributed by atoms with E-state index in [9.17, 15) is 10.1 Å². The number of nitrogens with zero attached hydrogens (tertiary/aromatic N) is 3. The molecule has 2 amide bonds. The number of nitriles is 1. The Bertz CT molecular complexity index is 1000. The second-order valence-corrected chi connectivity index (χ2v) is 7.81. The average molecular weight is 387 g/mol. The largest absolute Gasteiger partial charge is 0.376 e. The lowest BCUT2D eigenvalue weighted by molar-refractivity contribution is -0.112. The van der Waals surface area contributed by atoms with Crippen molar-refractivity contribution in [1.82, 2.24) is 4.90 Å². The van der Waals surface area contributed by atoms with Gasteiger partial charge in [0.25, 0.3) is 0 Å². The zero-order valence-electron chi connectivity index (χ0n) is 17.1. The maximum atomic E-state index is 13.7. The Kier molecular flexibility index (Phi) is 4.89. The van der Waals surface area contributed by atoms with Crippen LogP contribution in [0.15, 0.2) is 60.3 Å². The van der Waals surface area contributed by atoms with Crippen LogP contribution in [-0.4, -0.2) is 29.7 Å². The molecule has 2 aliphatic rings. The van der Waals surface area contributed by atoms with E-state index in [-0.39, 0.29) is 12.1 Å². The summed E-state index contributed by atoms with van der Waals surface area (Å²) in [7, 11) is 0. The van der Waals surface area contributed by atoms with Crippen molar-refractivity contribution in [3.05, 3.63) is 77.0 Å². The fourth-order valence-electron chi connectivity index (χ4n) is 4.46. The maximum absolute atomic E-state index is 13.7. The second-order valence-electron chi connectivity index (χ2n) is 7.81. The summed E-state index contributed by atoms with van der Waals surface area (Å²) in [5.74, 6) is 0. The lowest BCUT2D eigenvalue weighted by atomic mass is 9.82. The molecule has 1 atom stereocenters. The maximum Gasteiger partial charge on any atom is 0.330 e. The van der Waals surface area contributed by atoms with Crippen molar-refractivity contribution in [2.45, 2.75) is 38.8 Å². The Morgan fingerprint density at radius 1 is 1.28 bits per heavy atom. The molecule has 5 heteroatoms. The molecule has 0 N–H and O–H groups in total. The van der Waals surface area contributed by atoms with Crippen molar-refractivity contribution < 1.29 is 9.53 Å². The number of amides is 2. The number of allylic oxidation sites excluding steroid dienone is 2. The molecule has 0 aliphatic carbocycles. The van der Waals surface area contributed by atoms with Crippen LogP contribution in [0, 0.1) is 18.3 Å². The highest BCUT2D eigenvalue weighted by Gasteiger charge is 2.62. The molecule has 0 radical (unpaired) electrons. The third-order valence-corrected chi connectivity index (χ3v) is 5.81. The van der Waals surface area contributed by atoms with Crippen LogP contribution in [-0.2, 0) is 4.74 Å². The van der Waals surface area contributed by atoms with Crippen LogP contribution >= 0.6 is 0 Å². The minimum atomic E-state index is -0.480. The van der Waals surface area contributed by atoms with Crippen LogP contribution < -0.4 is 4.90 Å². The van der Waals surface area contributed by atoms with Crippen LogP contribution in [0.4, 0.5) is 10.5 Å². The van der Waals surface area contributed by atoms with Gasteiger partial charge in [0.2, 0.25) is 0 Å². The number of hydrogen-bond donors (Lipinski definition) is 0. The van der Waals surface area contributed by atoms with E-state index < -0.39 is 5.54 Å². The highest BCUT2D eigenvalue weighted by Crippen LogP contribution is 2.51. The Labute approximate surface area is 171 Å². The summed E-state index contributed by atoms with van der Waals surface area (Å²) in [4.78, 5) is 17.5. The Morgan fingerprint density at radius 2 is 2.00 bits per heavy atom. The zero-order valence-corrected chi connectivity index (χ0v) is 17.1. The molecule has 2 aromatic rings. The molecule has 0 aromatic heterocycles. The van der Waals surface area contributed by atoms with Crippen molar-refractivity contribution in [3.63, 3.8) is 0 Å². The van der Waals surface area contributed by atoms with Crippen molar-refractivity contribution in [2.24, 2.45) is 0 Å². The number of carbonyl (C=O) groups is 1. The summed E-state index contributed by atoms with van der Waals surface area (Å²) in [6.45, 7) is 7.03. The number of benzene rings is 2. The summed E-state index contributed by atoms with van der Waals surface area (Å²) in [6, 6.07) is 17.5. The predicted octanol–water partition coefficient (Wildman–Crippen LogP) is 4.93. The lowest BCUT2D eigenvalue weighted by Gasteiger charge is -2.48. The second kappa shape index (κ2) is 7.38. The van der Waals surface area contributed by atoms with Gasteiger partial charge < -0.3 is 4.74 Å². The standard InChI is InChI=1S/C24H25N3O2/c1-4-6-18(3)27-23(28)26(21-11-9-17(2)10-12-21)22(24(27)15-29-16-24)20-8-5-7-19(13-20)14-25/h5-13,22H,4,15-16H2,1-3H3/b18-6+. The summed E-state index contributed by atoms with van der Waals surface area (Å²) in [5, 5.41) is 9.41. The molecule has 29 heavy (non-hydrogen) atoms. The topological polar surface area (TPSA) is 56.6 Å². The molecule has 4 rings (SSSR count). The van der Waals surface area contributed by atoms with E-state index in [1.54, 1.807) is 6.07 Å². The Balaban J connectivity index is 1.91. The zero-order chi connectivity index (χ0) is 20.6. The molecule has 1 spiro atoms. The van der Waals surface area contributed by atoms with E-state index in [1.807, 2.05) is 66.1 Å². The van der Waals surface area contributed by atoms with Gasteiger partial charge in [-0.1, -0.05) is 42.8 Å². The Hall–Kier alpha value is -3.10. The van der Waals surface area contributed by atoms with Gasteiger partial charge in [0.1, 0.15) is 5.54 Å². The molecule has 148 valence electrons.